The maximum atomic E-state index is 11.4. The summed E-state index contributed by atoms with van der Waals surface area (Å²) in [5.74, 6) is 0. The van der Waals surface area contributed by atoms with Crippen LogP contribution in [0.25, 0.3) is 0 Å². The summed E-state index contributed by atoms with van der Waals surface area (Å²) in [4.78, 5) is 11.4. The third-order valence-corrected chi connectivity index (χ3v) is 2.13. The van der Waals surface area contributed by atoms with Gasteiger partial charge in [-0.25, -0.2) is 4.79 Å². The Morgan fingerprint density at radius 3 is 2.71 bits per heavy atom. The van der Waals surface area contributed by atoms with Gasteiger partial charge in [0.25, 0.3) is 0 Å². The number of hydrogen-bond donors (Lipinski definition) is 1. The Hall–Kier alpha value is -0.730. The highest BCUT2D eigenvalue weighted by Crippen LogP contribution is 2.17. The van der Waals surface area contributed by atoms with Gasteiger partial charge < -0.3 is 10.1 Å². The molecule has 14 heavy (non-hydrogen) atoms. The summed E-state index contributed by atoms with van der Waals surface area (Å²) in [5, 5.41) is 2.88. The molecule has 81 valence electrons. The first-order valence-electron chi connectivity index (χ1n) is 5.28. The minimum atomic E-state index is -0.400. The van der Waals surface area contributed by atoms with Crippen LogP contribution in [0.3, 0.4) is 0 Å². The van der Waals surface area contributed by atoms with Gasteiger partial charge in [-0.1, -0.05) is 12.8 Å². The smallest absolute Gasteiger partial charge is 0.407 e. The van der Waals surface area contributed by atoms with Crippen LogP contribution in [0.2, 0.25) is 0 Å². The first kappa shape index (κ1) is 11.3. The standard InChI is InChI=1S/C11H20NO2/c1-11(2,3)14-10(13)12-9-7-5-4-6-8-9/h5,9H,4,6-8H2,1-3H3,(H,12,13). The van der Waals surface area contributed by atoms with Crippen molar-refractivity contribution >= 4 is 6.09 Å². The number of carbonyl (C=O) groups is 1. The molecule has 1 aliphatic rings. The molecule has 1 unspecified atom stereocenters. The van der Waals surface area contributed by atoms with E-state index in [0.717, 1.165) is 12.8 Å². The van der Waals surface area contributed by atoms with E-state index < -0.39 is 5.60 Å². The van der Waals surface area contributed by atoms with Crippen LogP contribution in [0.1, 0.15) is 46.5 Å². The second-order valence-corrected chi connectivity index (χ2v) is 4.80. The third kappa shape index (κ3) is 4.49. The number of carbonyl (C=O) groups excluding carboxylic acids is 1. The fraction of sp³-hybridized carbons (Fsp3) is 0.818. The fourth-order valence-corrected chi connectivity index (χ4v) is 1.55. The van der Waals surface area contributed by atoms with Gasteiger partial charge in [0.15, 0.2) is 0 Å². The Balaban J connectivity index is 2.25. The largest absolute Gasteiger partial charge is 0.444 e. The Labute approximate surface area is 86.2 Å². The van der Waals surface area contributed by atoms with Crippen LogP contribution in [-0.4, -0.2) is 17.7 Å². The fourth-order valence-electron chi connectivity index (χ4n) is 1.55. The van der Waals surface area contributed by atoms with Crippen LogP contribution >= 0.6 is 0 Å². The highest BCUT2D eigenvalue weighted by atomic mass is 16.6. The Bertz CT molecular complexity index is 190. The van der Waals surface area contributed by atoms with Crippen molar-refractivity contribution < 1.29 is 9.53 Å². The molecule has 1 rings (SSSR count). The molecule has 1 radical (unpaired) electrons. The molecule has 1 N–H and O–H groups in total. The van der Waals surface area contributed by atoms with Crippen LogP contribution < -0.4 is 5.32 Å². The van der Waals surface area contributed by atoms with Gasteiger partial charge in [-0.2, -0.15) is 0 Å². The molecule has 1 fully saturated rings. The van der Waals surface area contributed by atoms with Crippen molar-refractivity contribution in [2.75, 3.05) is 0 Å². The average Bonchev–Trinajstić information content (AvgIpc) is 2.02. The van der Waals surface area contributed by atoms with Crippen LogP contribution in [0.15, 0.2) is 0 Å². The van der Waals surface area contributed by atoms with E-state index in [0.29, 0.717) is 0 Å². The SMILES string of the molecule is CC(C)(C)OC(=O)NC1C[CH]CCC1. The first-order valence-corrected chi connectivity index (χ1v) is 5.28. The maximum Gasteiger partial charge on any atom is 0.407 e. The van der Waals surface area contributed by atoms with E-state index in [1.807, 2.05) is 20.8 Å². The lowest BCUT2D eigenvalue weighted by atomic mass is 9.96. The van der Waals surface area contributed by atoms with E-state index >= 15 is 0 Å². The molecule has 0 aromatic heterocycles. The zero-order valence-electron chi connectivity index (χ0n) is 9.30. The van der Waals surface area contributed by atoms with E-state index in [4.69, 9.17) is 4.74 Å². The highest BCUT2D eigenvalue weighted by molar-refractivity contribution is 5.68. The summed E-state index contributed by atoms with van der Waals surface area (Å²) in [7, 11) is 0. The predicted octanol–water partition coefficient (Wildman–Crippen LogP) is 2.66. The lowest BCUT2D eigenvalue weighted by molar-refractivity contribution is 0.0498. The maximum absolute atomic E-state index is 11.4. The number of ether oxygens (including phenoxy) is 1. The minimum absolute atomic E-state index is 0.276. The van der Waals surface area contributed by atoms with Gasteiger partial charge in [0, 0.05) is 6.04 Å². The Morgan fingerprint density at radius 1 is 1.50 bits per heavy atom. The molecule has 1 saturated carbocycles. The molecule has 3 heteroatoms. The molecule has 1 atom stereocenters. The molecule has 3 nitrogen and oxygen atoms in total. The molecule has 0 aromatic carbocycles. The Morgan fingerprint density at radius 2 is 2.21 bits per heavy atom. The molecule has 0 aliphatic heterocycles. The van der Waals surface area contributed by atoms with Gasteiger partial charge in [0.1, 0.15) is 5.60 Å². The van der Waals surface area contributed by atoms with Crippen LogP contribution in [0.5, 0.6) is 0 Å². The normalized spacial score (nSPS) is 19.1. The van der Waals surface area contributed by atoms with Crippen molar-refractivity contribution in [2.24, 2.45) is 0 Å². The third-order valence-electron chi connectivity index (χ3n) is 2.13. The zero-order valence-corrected chi connectivity index (χ0v) is 9.30. The van der Waals surface area contributed by atoms with E-state index in [9.17, 15) is 4.79 Å². The van der Waals surface area contributed by atoms with Gasteiger partial charge in [0.05, 0.1) is 0 Å². The summed E-state index contributed by atoms with van der Waals surface area (Å²) in [6.07, 6.45) is 6.31. The highest BCUT2D eigenvalue weighted by Gasteiger charge is 2.20. The number of hydrogen-bond acceptors (Lipinski definition) is 2. The molecule has 0 bridgehead atoms. The predicted molar refractivity (Wildman–Crippen MR) is 55.9 cm³/mol. The van der Waals surface area contributed by atoms with Crippen molar-refractivity contribution in [3.8, 4) is 0 Å². The number of rotatable bonds is 1. The zero-order chi connectivity index (χ0) is 10.6. The average molecular weight is 198 g/mol. The van der Waals surface area contributed by atoms with Gasteiger partial charge in [-0.05, 0) is 40.0 Å². The number of alkyl carbamates (subject to hydrolysis) is 1. The van der Waals surface area contributed by atoms with Crippen LogP contribution in [-0.2, 0) is 4.74 Å². The van der Waals surface area contributed by atoms with Gasteiger partial charge in [0.2, 0.25) is 0 Å². The van der Waals surface area contributed by atoms with Crippen LogP contribution in [0.4, 0.5) is 4.79 Å². The van der Waals surface area contributed by atoms with Crippen LogP contribution in [0, 0.1) is 6.42 Å². The van der Waals surface area contributed by atoms with Gasteiger partial charge in [-0.3, -0.25) is 0 Å². The van der Waals surface area contributed by atoms with Crippen molar-refractivity contribution in [2.45, 2.75) is 58.1 Å². The van der Waals surface area contributed by atoms with Gasteiger partial charge >= 0.3 is 6.09 Å². The van der Waals surface area contributed by atoms with E-state index in [2.05, 4.69) is 11.7 Å². The van der Waals surface area contributed by atoms with Gasteiger partial charge in [-0.15, -0.1) is 0 Å². The summed E-state index contributed by atoms with van der Waals surface area (Å²) in [6, 6.07) is 0.276. The van der Waals surface area contributed by atoms with E-state index in [1.54, 1.807) is 0 Å². The molecule has 0 saturated heterocycles. The molecule has 1 amide bonds. The monoisotopic (exact) mass is 198 g/mol. The lowest BCUT2D eigenvalue weighted by Gasteiger charge is -2.25. The molecular formula is C11H20NO2. The lowest BCUT2D eigenvalue weighted by Crippen LogP contribution is -2.40. The molecule has 0 aromatic rings. The summed E-state index contributed by atoms with van der Waals surface area (Å²) < 4.78 is 5.18. The quantitative estimate of drug-likeness (QED) is 0.703. The number of nitrogens with one attached hydrogen (secondary N) is 1. The molecule has 0 heterocycles. The van der Waals surface area contributed by atoms with Crippen molar-refractivity contribution in [1.82, 2.24) is 5.32 Å². The van der Waals surface area contributed by atoms with Crippen molar-refractivity contribution in [1.29, 1.82) is 0 Å². The van der Waals surface area contributed by atoms with E-state index in [-0.39, 0.29) is 12.1 Å². The number of amides is 1. The summed E-state index contributed by atoms with van der Waals surface area (Å²) >= 11 is 0. The Kier molecular flexibility index (Phi) is 3.78. The minimum Gasteiger partial charge on any atom is -0.444 e. The molecule has 0 spiro atoms. The summed E-state index contributed by atoms with van der Waals surface area (Å²) in [6.45, 7) is 5.62. The molecular weight excluding hydrogens is 178 g/mol. The second-order valence-electron chi connectivity index (χ2n) is 4.80. The second kappa shape index (κ2) is 4.67. The topological polar surface area (TPSA) is 38.3 Å². The first-order chi connectivity index (χ1) is 6.47. The summed E-state index contributed by atoms with van der Waals surface area (Å²) in [5.41, 5.74) is -0.400. The van der Waals surface area contributed by atoms with E-state index in [1.165, 1.54) is 12.8 Å². The molecule has 1 aliphatic carbocycles. The van der Waals surface area contributed by atoms with Crippen molar-refractivity contribution in [3.63, 3.8) is 0 Å². The van der Waals surface area contributed by atoms with Crippen molar-refractivity contribution in [3.05, 3.63) is 6.42 Å².